The van der Waals surface area contributed by atoms with E-state index in [-0.39, 0.29) is 18.1 Å². The van der Waals surface area contributed by atoms with E-state index >= 15 is 0 Å². The summed E-state index contributed by atoms with van der Waals surface area (Å²) in [5, 5.41) is 16.1. The first-order chi connectivity index (χ1) is 20.1. The molecule has 0 radical (unpaired) electrons. The lowest BCUT2D eigenvalue weighted by Gasteiger charge is -2.27. The molecule has 0 aliphatic carbocycles. The minimum absolute atomic E-state index is 0.0771. The van der Waals surface area contributed by atoms with Gasteiger partial charge in [-0.25, -0.2) is 9.40 Å². The average molecular weight is 598 g/mol. The number of nitrogens with one attached hydrogen (secondary N) is 1. The van der Waals surface area contributed by atoms with E-state index in [9.17, 15) is 9.18 Å². The van der Waals surface area contributed by atoms with E-state index in [1.807, 2.05) is 25.9 Å². The predicted octanol–water partition coefficient (Wildman–Crippen LogP) is 6.34. The summed E-state index contributed by atoms with van der Waals surface area (Å²) in [6.07, 6.45) is 3.33. The number of halogens is 2. The van der Waals surface area contributed by atoms with Crippen molar-refractivity contribution in [2.24, 2.45) is 5.73 Å². The molecule has 8 nitrogen and oxygen atoms in total. The number of primary amides is 1. The van der Waals surface area contributed by atoms with Crippen molar-refractivity contribution in [2.75, 3.05) is 20.6 Å². The first-order valence-corrected chi connectivity index (χ1v) is 14.0. The largest absolute Gasteiger partial charge is 0.457 e. The Kier molecular flexibility index (Phi) is 17.2. The smallest absolute Gasteiger partial charge is 0.236 e. The number of hydrazine groups is 1. The molecule has 1 heterocycles. The molecule has 3 aromatic carbocycles. The second-order valence-electron chi connectivity index (χ2n) is 9.25. The molecule has 0 fully saturated rings. The zero-order valence-electron chi connectivity index (χ0n) is 25.0. The summed E-state index contributed by atoms with van der Waals surface area (Å²) >= 11 is 5.79. The highest BCUT2D eigenvalue weighted by molar-refractivity contribution is 6.30. The van der Waals surface area contributed by atoms with Gasteiger partial charge in [0.05, 0.1) is 11.6 Å². The van der Waals surface area contributed by atoms with E-state index in [1.54, 1.807) is 66.7 Å². The number of fused-ring (bicyclic) bond motifs is 1. The van der Waals surface area contributed by atoms with Crippen LogP contribution in [-0.4, -0.2) is 43.0 Å². The van der Waals surface area contributed by atoms with Gasteiger partial charge in [-0.3, -0.25) is 14.6 Å². The fourth-order valence-corrected chi connectivity index (χ4v) is 3.89. The summed E-state index contributed by atoms with van der Waals surface area (Å²) in [5.41, 5.74) is 7.79. The molecule has 226 valence electrons. The standard InChI is InChI=1S/C14H10ClNO.C12H15FN2O.C5H13N.CH3NO/c1-10-8-11(9-16)2-7-14(10)17-13-5-3-12(15)4-6-13;1-3-12(16)14(2)15-7-9-4-5-11(13)6-10(9)8-15;1-3-4-5-6-2;2-1-3/h2-8H,1H3;4-6H,3,7-8H2,1-2H3;6H,3-5H2,1-2H3;1H,(H2,2,3). The lowest BCUT2D eigenvalue weighted by molar-refractivity contribution is -0.146. The van der Waals surface area contributed by atoms with Crippen LogP contribution in [0.15, 0.2) is 60.7 Å². The Morgan fingerprint density at radius 3 is 2.31 bits per heavy atom. The van der Waals surface area contributed by atoms with Crippen LogP contribution in [0, 0.1) is 24.1 Å². The molecule has 3 aromatic rings. The van der Waals surface area contributed by atoms with Crippen LogP contribution in [0.4, 0.5) is 4.39 Å². The van der Waals surface area contributed by atoms with Crippen molar-refractivity contribution in [1.82, 2.24) is 15.3 Å². The van der Waals surface area contributed by atoms with Crippen LogP contribution in [-0.2, 0) is 22.7 Å². The number of rotatable bonds is 7. The first-order valence-electron chi connectivity index (χ1n) is 13.7. The van der Waals surface area contributed by atoms with Crippen molar-refractivity contribution in [3.8, 4) is 17.6 Å². The Labute approximate surface area is 253 Å². The van der Waals surface area contributed by atoms with Crippen molar-refractivity contribution < 1.29 is 18.7 Å². The van der Waals surface area contributed by atoms with Crippen molar-refractivity contribution in [2.45, 2.75) is 53.1 Å². The fraction of sp³-hybridized carbons (Fsp3) is 0.344. The molecular formula is C32H41ClFN5O3. The van der Waals surface area contributed by atoms with Crippen LogP contribution in [0.3, 0.4) is 0 Å². The van der Waals surface area contributed by atoms with Gasteiger partial charge in [0.1, 0.15) is 17.3 Å². The van der Waals surface area contributed by atoms with Crippen LogP contribution in [0.1, 0.15) is 55.4 Å². The third kappa shape index (κ3) is 12.7. The molecule has 0 bridgehead atoms. The van der Waals surface area contributed by atoms with Gasteiger partial charge >= 0.3 is 0 Å². The first kappa shape index (κ1) is 36.1. The number of hydrogen-bond acceptors (Lipinski definition) is 6. The van der Waals surface area contributed by atoms with Crippen LogP contribution >= 0.6 is 11.6 Å². The molecule has 3 N–H and O–H groups in total. The molecule has 1 aliphatic heterocycles. The number of nitrogens with zero attached hydrogens (tertiary/aromatic N) is 3. The van der Waals surface area contributed by atoms with Crippen LogP contribution < -0.4 is 15.8 Å². The van der Waals surface area contributed by atoms with E-state index < -0.39 is 0 Å². The maximum Gasteiger partial charge on any atom is 0.236 e. The summed E-state index contributed by atoms with van der Waals surface area (Å²) in [6, 6.07) is 19.4. The Bertz CT molecular complexity index is 1290. The van der Waals surface area contributed by atoms with Gasteiger partial charge in [-0.05, 0) is 98.2 Å². The Hall–Kier alpha value is -3.97. The van der Waals surface area contributed by atoms with E-state index in [2.05, 4.69) is 24.0 Å². The summed E-state index contributed by atoms with van der Waals surface area (Å²) in [6.45, 7) is 8.38. The Balaban J connectivity index is 0.000000328. The number of aryl methyl sites for hydroxylation is 1. The number of nitrogens with two attached hydrogens (primary N) is 1. The third-order valence-electron chi connectivity index (χ3n) is 6.09. The number of carbonyl (C=O) groups is 2. The number of nitriles is 1. The van der Waals surface area contributed by atoms with Gasteiger partial charge < -0.3 is 15.8 Å². The van der Waals surface area contributed by atoms with E-state index in [4.69, 9.17) is 26.4 Å². The molecule has 0 saturated heterocycles. The zero-order chi connectivity index (χ0) is 31.5. The Morgan fingerprint density at radius 2 is 1.79 bits per heavy atom. The molecule has 10 heteroatoms. The van der Waals surface area contributed by atoms with Gasteiger partial charge in [0.25, 0.3) is 0 Å². The number of carbonyl (C=O) groups excluding carboxylic acids is 2. The molecule has 0 unspecified atom stereocenters. The van der Waals surface area contributed by atoms with E-state index in [0.717, 1.165) is 34.7 Å². The van der Waals surface area contributed by atoms with Gasteiger partial charge in [0, 0.05) is 31.6 Å². The molecule has 0 atom stereocenters. The predicted molar refractivity (Wildman–Crippen MR) is 165 cm³/mol. The van der Waals surface area contributed by atoms with Crippen LogP contribution in [0.2, 0.25) is 5.02 Å². The molecular weight excluding hydrogens is 557 g/mol. The molecule has 0 saturated carbocycles. The topological polar surface area (TPSA) is 112 Å². The summed E-state index contributed by atoms with van der Waals surface area (Å²) in [7, 11) is 3.74. The number of unbranched alkanes of at least 4 members (excludes halogenated alkanes) is 1. The Morgan fingerprint density at radius 1 is 1.14 bits per heavy atom. The minimum Gasteiger partial charge on any atom is -0.457 e. The molecule has 42 heavy (non-hydrogen) atoms. The van der Waals surface area contributed by atoms with Gasteiger partial charge in [-0.1, -0.05) is 37.9 Å². The van der Waals surface area contributed by atoms with Crippen LogP contribution in [0.5, 0.6) is 11.5 Å². The van der Waals surface area contributed by atoms with Crippen molar-refractivity contribution in [3.05, 3.63) is 93.8 Å². The number of amides is 2. The highest BCUT2D eigenvalue weighted by atomic mass is 35.5. The van der Waals surface area contributed by atoms with Gasteiger partial charge in [0.2, 0.25) is 12.3 Å². The third-order valence-corrected chi connectivity index (χ3v) is 6.34. The lowest BCUT2D eigenvalue weighted by Crippen LogP contribution is -2.39. The summed E-state index contributed by atoms with van der Waals surface area (Å²) in [5.74, 6) is 1.33. The molecule has 1 aliphatic rings. The quantitative estimate of drug-likeness (QED) is 0.243. The monoisotopic (exact) mass is 597 g/mol. The second-order valence-corrected chi connectivity index (χ2v) is 9.68. The highest BCUT2D eigenvalue weighted by Crippen LogP contribution is 2.27. The van der Waals surface area contributed by atoms with Gasteiger partial charge in [0.15, 0.2) is 0 Å². The molecule has 4 rings (SSSR count). The van der Waals surface area contributed by atoms with Crippen molar-refractivity contribution >= 4 is 23.9 Å². The minimum atomic E-state index is -0.218. The number of ether oxygens (including phenoxy) is 1. The molecule has 0 aromatic heterocycles. The lowest BCUT2D eigenvalue weighted by atomic mass is 10.1. The van der Waals surface area contributed by atoms with Crippen molar-refractivity contribution in [3.63, 3.8) is 0 Å². The average Bonchev–Trinajstić information content (AvgIpc) is 3.41. The maximum absolute atomic E-state index is 13.0. The number of hydrogen-bond donors (Lipinski definition) is 2. The van der Waals surface area contributed by atoms with Crippen LogP contribution in [0.25, 0.3) is 0 Å². The highest BCUT2D eigenvalue weighted by Gasteiger charge is 2.24. The molecule has 2 amide bonds. The number of benzene rings is 3. The summed E-state index contributed by atoms with van der Waals surface area (Å²) in [4.78, 5) is 20.1. The SMILES string of the molecule is CCC(=O)N(C)N1Cc2ccc(F)cc2C1.CCCCNC.Cc1cc(C#N)ccc1Oc1ccc(Cl)cc1.NC=O. The fourth-order valence-electron chi connectivity index (χ4n) is 3.76. The molecule has 0 spiro atoms. The zero-order valence-corrected chi connectivity index (χ0v) is 25.7. The second kappa shape index (κ2) is 20.0. The van der Waals surface area contributed by atoms with Gasteiger partial charge in [-0.2, -0.15) is 5.26 Å². The van der Waals surface area contributed by atoms with Gasteiger partial charge in [-0.15, -0.1) is 0 Å². The maximum atomic E-state index is 13.0. The summed E-state index contributed by atoms with van der Waals surface area (Å²) < 4.78 is 18.7. The normalized spacial score (nSPS) is 11.2. The van der Waals surface area contributed by atoms with E-state index in [0.29, 0.717) is 30.1 Å². The van der Waals surface area contributed by atoms with Crippen molar-refractivity contribution in [1.29, 1.82) is 5.26 Å². The van der Waals surface area contributed by atoms with E-state index in [1.165, 1.54) is 18.9 Å².